The minimum Gasteiger partial charge on any atom is -0.326 e. The van der Waals surface area contributed by atoms with Gasteiger partial charge in [-0.25, -0.2) is 21.6 Å². The van der Waals surface area contributed by atoms with Gasteiger partial charge >= 0.3 is 0 Å². The van der Waals surface area contributed by atoms with E-state index in [-0.39, 0.29) is 10.8 Å². The van der Waals surface area contributed by atoms with Crippen LogP contribution in [0.4, 0.5) is 18.9 Å². The molecule has 0 atom stereocenters. The SMILES string of the molecule is NCc1csc(S(=O)(=O)Nc2ccc(F)c(F)c2F)c1. The molecule has 0 aliphatic rings. The van der Waals surface area contributed by atoms with Gasteiger partial charge in [0.2, 0.25) is 0 Å². The first-order valence-electron chi connectivity index (χ1n) is 5.29. The van der Waals surface area contributed by atoms with Crippen LogP contribution >= 0.6 is 11.3 Å². The van der Waals surface area contributed by atoms with Crippen molar-refractivity contribution in [3.05, 3.63) is 46.6 Å². The number of thiophene rings is 1. The van der Waals surface area contributed by atoms with Crippen molar-refractivity contribution in [2.24, 2.45) is 5.73 Å². The van der Waals surface area contributed by atoms with Gasteiger partial charge in [0.1, 0.15) is 4.21 Å². The fourth-order valence-electron chi connectivity index (χ4n) is 1.40. The van der Waals surface area contributed by atoms with E-state index in [1.165, 1.54) is 11.4 Å². The molecule has 0 amide bonds. The van der Waals surface area contributed by atoms with Crippen molar-refractivity contribution in [1.82, 2.24) is 0 Å². The molecule has 0 aliphatic heterocycles. The minimum absolute atomic E-state index is 0.0953. The van der Waals surface area contributed by atoms with E-state index in [4.69, 9.17) is 5.73 Å². The number of sulfonamides is 1. The summed E-state index contributed by atoms with van der Waals surface area (Å²) in [5, 5.41) is 1.54. The van der Waals surface area contributed by atoms with Crippen molar-refractivity contribution in [2.75, 3.05) is 4.72 Å². The lowest BCUT2D eigenvalue weighted by molar-refractivity contribution is 0.449. The standard InChI is InChI=1S/C11H9F3N2O2S2/c12-7-1-2-8(11(14)10(7)13)16-20(17,18)9-3-6(4-15)5-19-9/h1-3,5,16H,4,15H2. The molecule has 0 spiro atoms. The van der Waals surface area contributed by atoms with Gasteiger partial charge in [-0.15, -0.1) is 11.3 Å². The minimum atomic E-state index is -4.07. The summed E-state index contributed by atoms with van der Waals surface area (Å²) in [5.41, 5.74) is 5.30. The zero-order chi connectivity index (χ0) is 14.9. The maximum absolute atomic E-state index is 13.4. The summed E-state index contributed by atoms with van der Waals surface area (Å²) in [6.45, 7) is 0.158. The van der Waals surface area contributed by atoms with Gasteiger partial charge < -0.3 is 5.73 Å². The van der Waals surface area contributed by atoms with Gasteiger partial charge in [-0.05, 0) is 29.1 Å². The van der Waals surface area contributed by atoms with Crippen LogP contribution < -0.4 is 10.5 Å². The number of anilines is 1. The molecule has 1 aromatic heterocycles. The molecule has 3 N–H and O–H groups in total. The molecule has 0 radical (unpaired) electrons. The average Bonchev–Trinajstić information content (AvgIpc) is 2.89. The Balaban J connectivity index is 2.36. The Morgan fingerprint density at radius 3 is 2.50 bits per heavy atom. The highest BCUT2D eigenvalue weighted by molar-refractivity contribution is 7.94. The summed E-state index contributed by atoms with van der Waals surface area (Å²) in [6.07, 6.45) is 0. The van der Waals surface area contributed by atoms with E-state index in [0.717, 1.165) is 17.4 Å². The second-order valence-electron chi connectivity index (χ2n) is 3.81. The van der Waals surface area contributed by atoms with Gasteiger partial charge in [0, 0.05) is 6.54 Å². The van der Waals surface area contributed by atoms with Crippen LogP contribution in [-0.4, -0.2) is 8.42 Å². The number of benzene rings is 1. The van der Waals surface area contributed by atoms with Crippen molar-refractivity contribution < 1.29 is 21.6 Å². The number of hydrogen-bond acceptors (Lipinski definition) is 4. The monoisotopic (exact) mass is 322 g/mol. The van der Waals surface area contributed by atoms with Gasteiger partial charge in [-0.1, -0.05) is 0 Å². The molecule has 0 fully saturated rings. The van der Waals surface area contributed by atoms with Crippen LogP contribution in [-0.2, 0) is 16.6 Å². The third kappa shape index (κ3) is 2.79. The largest absolute Gasteiger partial charge is 0.326 e. The molecular formula is C11H9F3N2O2S2. The summed E-state index contributed by atoms with van der Waals surface area (Å²) in [7, 11) is -4.07. The highest BCUT2D eigenvalue weighted by Gasteiger charge is 2.21. The first-order chi connectivity index (χ1) is 9.35. The summed E-state index contributed by atoms with van der Waals surface area (Å²) in [6, 6.07) is 2.77. The quantitative estimate of drug-likeness (QED) is 0.849. The van der Waals surface area contributed by atoms with Gasteiger partial charge in [0.05, 0.1) is 5.69 Å². The topological polar surface area (TPSA) is 72.2 Å². The van der Waals surface area contributed by atoms with Crippen molar-refractivity contribution in [1.29, 1.82) is 0 Å². The van der Waals surface area contributed by atoms with E-state index in [2.05, 4.69) is 0 Å². The normalized spacial score (nSPS) is 11.6. The number of nitrogens with two attached hydrogens (primary N) is 1. The van der Waals surface area contributed by atoms with Crippen molar-refractivity contribution >= 4 is 27.0 Å². The zero-order valence-electron chi connectivity index (χ0n) is 9.86. The fourth-order valence-corrected chi connectivity index (χ4v) is 3.68. The second-order valence-corrected chi connectivity index (χ2v) is 6.63. The van der Waals surface area contributed by atoms with E-state index in [9.17, 15) is 21.6 Å². The van der Waals surface area contributed by atoms with Crippen LogP contribution in [0.25, 0.3) is 0 Å². The van der Waals surface area contributed by atoms with Crippen LogP contribution in [0.1, 0.15) is 5.56 Å². The Morgan fingerprint density at radius 1 is 1.20 bits per heavy atom. The van der Waals surface area contributed by atoms with E-state index < -0.39 is 33.2 Å². The van der Waals surface area contributed by atoms with Crippen LogP contribution in [0.5, 0.6) is 0 Å². The molecule has 9 heteroatoms. The number of nitrogens with one attached hydrogen (secondary N) is 1. The van der Waals surface area contributed by atoms with Crippen molar-refractivity contribution in [3.8, 4) is 0 Å². The van der Waals surface area contributed by atoms with Crippen molar-refractivity contribution in [3.63, 3.8) is 0 Å². The molecule has 1 aromatic carbocycles. The molecule has 0 aliphatic carbocycles. The molecule has 2 rings (SSSR count). The Labute approximate surface area is 117 Å². The molecule has 0 saturated carbocycles. The van der Waals surface area contributed by atoms with Gasteiger partial charge in [-0.3, -0.25) is 4.72 Å². The summed E-state index contributed by atoms with van der Waals surface area (Å²) >= 11 is 0.893. The molecule has 108 valence electrons. The Kier molecular flexibility index (Phi) is 4.02. The first kappa shape index (κ1) is 14.8. The van der Waals surface area contributed by atoms with Crippen LogP contribution in [0.15, 0.2) is 27.8 Å². The molecule has 0 bridgehead atoms. The highest BCUT2D eigenvalue weighted by Crippen LogP contribution is 2.25. The predicted molar refractivity (Wildman–Crippen MR) is 69.3 cm³/mol. The van der Waals surface area contributed by atoms with E-state index >= 15 is 0 Å². The smallest absolute Gasteiger partial charge is 0.271 e. The molecule has 0 unspecified atom stereocenters. The average molecular weight is 322 g/mol. The van der Waals surface area contributed by atoms with E-state index in [0.29, 0.717) is 11.6 Å². The third-order valence-electron chi connectivity index (χ3n) is 2.41. The maximum atomic E-state index is 13.4. The van der Waals surface area contributed by atoms with E-state index in [1.54, 1.807) is 0 Å². The summed E-state index contributed by atoms with van der Waals surface area (Å²) in [4.78, 5) is 0. The number of rotatable bonds is 4. The lowest BCUT2D eigenvalue weighted by Gasteiger charge is -2.08. The number of hydrogen-bond donors (Lipinski definition) is 2. The Hall–Kier alpha value is -1.58. The lowest BCUT2D eigenvalue weighted by Crippen LogP contribution is -2.13. The summed E-state index contributed by atoms with van der Waals surface area (Å²) < 4.78 is 64.9. The lowest BCUT2D eigenvalue weighted by atomic mass is 10.3. The predicted octanol–water partition coefficient (Wildman–Crippen LogP) is 2.42. The Morgan fingerprint density at radius 2 is 1.90 bits per heavy atom. The van der Waals surface area contributed by atoms with Gasteiger partial charge in [-0.2, -0.15) is 0 Å². The summed E-state index contributed by atoms with van der Waals surface area (Å²) in [5.74, 6) is -4.73. The molecule has 4 nitrogen and oxygen atoms in total. The fraction of sp³-hybridized carbons (Fsp3) is 0.0909. The van der Waals surface area contributed by atoms with Crippen molar-refractivity contribution in [2.45, 2.75) is 10.8 Å². The molecule has 20 heavy (non-hydrogen) atoms. The number of halogens is 3. The highest BCUT2D eigenvalue weighted by atomic mass is 32.2. The van der Waals surface area contributed by atoms with Crippen LogP contribution in [0.3, 0.4) is 0 Å². The zero-order valence-corrected chi connectivity index (χ0v) is 11.5. The molecule has 1 heterocycles. The molecule has 2 aromatic rings. The third-order valence-corrected chi connectivity index (χ3v) is 5.26. The van der Waals surface area contributed by atoms with Gasteiger partial charge in [0.25, 0.3) is 10.0 Å². The van der Waals surface area contributed by atoms with E-state index in [1.807, 2.05) is 4.72 Å². The van der Waals surface area contributed by atoms with Gasteiger partial charge in [0.15, 0.2) is 17.5 Å². The molecular weight excluding hydrogens is 313 g/mol. The maximum Gasteiger partial charge on any atom is 0.271 e. The second kappa shape index (κ2) is 5.43. The Bertz CT molecular complexity index is 744. The van der Waals surface area contributed by atoms with Crippen LogP contribution in [0, 0.1) is 17.5 Å². The van der Waals surface area contributed by atoms with Crippen LogP contribution in [0.2, 0.25) is 0 Å². The molecule has 0 saturated heterocycles. The first-order valence-corrected chi connectivity index (χ1v) is 7.65.